The SMILES string of the molecule is Cc1c[nH]c(=O)n1-c1ccc(C(=O)OCC(=O)NC(=O)NC2CCCCC2C)cc1. The summed E-state index contributed by atoms with van der Waals surface area (Å²) in [5.41, 5.74) is 1.28. The highest BCUT2D eigenvalue weighted by Crippen LogP contribution is 2.23. The number of nitrogens with zero attached hydrogens (tertiary/aromatic N) is 1. The van der Waals surface area contributed by atoms with Gasteiger partial charge in [0.05, 0.1) is 11.3 Å². The van der Waals surface area contributed by atoms with E-state index in [1.54, 1.807) is 25.3 Å². The highest BCUT2D eigenvalue weighted by molar-refractivity contribution is 5.97. The van der Waals surface area contributed by atoms with Crippen molar-refractivity contribution in [1.82, 2.24) is 20.2 Å². The van der Waals surface area contributed by atoms with Crippen LogP contribution in [0.3, 0.4) is 0 Å². The molecule has 1 aromatic heterocycles. The lowest BCUT2D eigenvalue weighted by Crippen LogP contribution is -2.48. The zero-order valence-electron chi connectivity index (χ0n) is 17.1. The van der Waals surface area contributed by atoms with Gasteiger partial charge in [0, 0.05) is 17.9 Å². The number of aromatic amines is 1. The van der Waals surface area contributed by atoms with Crippen molar-refractivity contribution in [3.05, 3.63) is 52.2 Å². The largest absolute Gasteiger partial charge is 0.452 e. The summed E-state index contributed by atoms with van der Waals surface area (Å²) in [7, 11) is 0. The van der Waals surface area contributed by atoms with Crippen LogP contribution in [0.5, 0.6) is 0 Å². The Morgan fingerprint density at radius 1 is 1.17 bits per heavy atom. The molecule has 0 saturated heterocycles. The molecule has 1 heterocycles. The van der Waals surface area contributed by atoms with Gasteiger partial charge in [-0.25, -0.2) is 14.4 Å². The molecule has 9 heteroatoms. The molecule has 2 unspecified atom stereocenters. The first-order valence-electron chi connectivity index (χ1n) is 10.00. The number of amides is 3. The maximum atomic E-state index is 12.1. The molecule has 1 aliphatic rings. The number of benzene rings is 1. The van der Waals surface area contributed by atoms with E-state index >= 15 is 0 Å². The summed E-state index contributed by atoms with van der Waals surface area (Å²) in [6, 6.07) is 5.70. The molecule has 30 heavy (non-hydrogen) atoms. The number of imide groups is 1. The number of carbonyl (C=O) groups is 3. The van der Waals surface area contributed by atoms with Crippen molar-refractivity contribution in [2.24, 2.45) is 5.92 Å². The minimum absolute atomic E-state index is 0.0452. The predicted octanol–water partition coefficient (Wildman–Crippen LogP) is 2.04. The van der Waals surface area contributed by atoms with E-state index in [0.717, 1.165) is 31.4 Å². The fourth-order valence-electron chi connectivity index (χ4n) is 3.64. The number of hydrogen-bond acceptors (Lipinski definition) is 5. The van der Waals surface area contributed by atoms with E-state index in [0.29, 0.717) is 11.6 Å². The first-order valence-corrected chi connectivity index (χ1v) is 10.00. The van der Waals surface area contributed by atoms with Crippen LogP contribution in [0.2, 0.25) is 0 Å². The number of hydrogen-bond donors (Lipinski definition) is 3. The second kappa shape index (κ2) is 9.43. The molecule has 9 nitrogen and oxygen atoms in total. The summed E-state index contributed by atoms with van der Waals surface area (Å²) in [5, 5.41) is 4.99. The van der Waals surface area contributed by atoms with E-state index < -0.39 is 24.5 Å². The van der Waals surface area contributed by atoms with Crippen LogP contribution in [-0.2, 0) is 9.53 Å². The number of esters is 1. The Balaban J connectivity index is 1.48. The molecule has 1 fully saturated rings. The Morgan fingerprint density at radius 2 is 1.87 bits per heavy atom. The average Bonchev–Trinajstić information content (AvgIpc) is 3.06. The van der Waals surface area contributed by atoms with Crippen molar-refractivity contribution in [2.45, 2.75) is 45.6 Å². The van der Waals surface area contributed by atoms with Crippen LogP contribution in [0, 0.1) is 12.8 Å². The van der Waals surface area contributed by atoms with Gasteiger partial charge in [0.2, 0.25) is 0 Å². The van der Waals surface area contributed by atoms with Gasteiger partial charge < -0.3 is 15.0 Å². The van der Waals surface area contributed by atoms with Crippen LogP contribution in [0.15, 0.2) is 35.3 Å². The van der Waals surface area contributed by atoms with Gasteiger partial charge >= 0.3 is 17.7 Å². The zero-order chi connectivity index (χ0) is 21.7. The van der Waals surface area contributed by atoms with Gasteiger partial charge in [-0.1, -0.05) is 19.8 Å². The number of aryl methyl sites for hydroxylation is 1. The molecule has 0 radical (unpaired) electrons. The van der Waals surface area contributed by atoms with Crippen LogP contribution in [-0.4, -0.2) is 40.1 Å². The minimum Gasteiger partial charge on any atom is -0.452 e. The third kappa shape index (κ3) is 5.16. The van der Waals surface area contributed by atoms with E-state index in [9.17, 15) is 19.2 Å². The third-order valence-corrected chi connectivity index (χ3v) is 5.34. The lowest BCUT2D eigenvalue weighted by Gasteiger charge is -2.29. The predicted molar refractivity (Wildman–Crippen MR) is 110 cm³/mol. The number of imidazole rings is 1. The molecule has 0 spiro atoms. The molecule has 2 aromatic rings. The van der Waals surface area contributed by atoms with Crippen molar-refractivity contribution in [2.75, 3.05) is 6.61 Å². The Labute approximate surface area is 173 Å². The second-order valence-corrected chi connectivity index (χ2v) is 7.58. The van der Waals surface area contributed by atoms with Gasteiger partial charge in [-0.3, -0.25) is 14.7 Å². The van der Waals surface area contributed by atoms with Crippen LogP contribution in [0.1, 0.15) is 48.7 Å². The van der Waals surface area contributed by atoms with E-state index in [1.807, 2.05) is 0 Å². The summed E-state index contributed by atoms with van der Waals surface area (Å²) in [6.45, 7) is 3.29. The van der Waals surface area contributed by atoms with Gasteiger partial charge in [0.15, 0.2) is 6.61 Å². The summed E-state index contributed by atoms with van der Waals surface area (Å²) >= 11 is 0. The minimum atomic E-state index is -0.699. The molecular formula is C21H26N4O5. The number of aromatic nitrogens is 2. The van der Waals surface area contributed by atoms with Crippen LogP contribution in [0.25, 0.3) is 5.69 Å². The van der Waals surface area contributed by atoms with Crippen molar-refractivity contribution in [3.8, 4) is 5.69 Å². The van der Waals surface area contributed by atoms with Gasteiger partial charge in [-0.05, 0) is 49.9 Å². The number of nitrogens with one attached hydrogen (secondary N) is 3. The van der Waals surface area contributed by atoms with Gasteiger partial charge in [0.1, 0.15) is 0 Å². The molecule has 160 valence electrons. The zero-order valence-corrected chi connectivity index (χ0v) is 17.1. The monoisotopic (exact) mass is 414 g/mol. The molecule has 0 aliphatic heterocycles. The molecular weight excluding hydrogens is 388 g/mol. The summed E-state index contributed by atoms with van der Waals surface area (Å²) < 4.78 is 6.44. The van der Waals surface area contributed by atoms with E-state index in [-0.39, 0.29) is 17.3 Å². The number of H-pyrrole nitrogens is 1. The standard InChI is InChI=1S/C21H26N4O5/c1-13-5-3-4-6-17(13)23-20(28)24-18(26)12-30-19(27)15-7-9-16(10-8-15)25-14(2)11-22-21(25)29/h7-11,13,17H,3-6,12H2,1-2H3,(H,22,29)(H2,23,24,26,28). The van der Waals surface area contributed by atoms with E-state index in [4.69, 9.17) is 4.74 Å². The van der Waals surface area contributed by atoms with Crippen LogP contribution in [0.4, 0.5) is 4.79 Å². The molecule has 0 bridgehead atoms. The normalized spacial score (nSPS) is 18.5. The Morgan fingerprint density at radius 3 is 2.50 bits per heavy atom. The first kappa shape index (κ1) is 21.4. The third-order valence-electron chi connectivity index (χ3n) is 5.34. The summed E-state index contributed by atoms with van der Waals surface area (Å²) in [5.74, 6) is -1.03. The first-order chi connectivity index (χ1) is 14.3. The highest BCUT2D eigenvalue weighted by Gasteiger charge is 2.23. The number of ether oxygens (including phenoxy) is 1. The smallest absolute Gasteiger partial charge is 0.338 e. The maximum Gasteiger partial charge on any atom is 0.338 e. The van der Waals surface area contributed by atoms with Crippen molar-refractivity contribution >= 4 is 17.9 Å². The van der Waals surface area contributed by atoms with Crippen molar-refractivity contribution in [1.29, 1.82) is 0 Å². The van der Waals surface area contributed by atoms with Gasteiger partial charge in [-0.15, -0.1) is 0 Å². The number of carbonyl (C=O) groups excluding carboxylic acids is 3. The number of rotatable bonds is 5. The number of urea groups is 1. The van der Waals surface area contributed by atoms with E-state index in [2.05, 4.69) is 22.5 Å². The van der Waals surface area contributed by atoms with Crippen LogP contribution >= 0.6 is 0 Å². The van der Waals surface area contributed by atoms with Crippen molar-refractivity contribution < 1.29 is 19.1 Å². The Bertz CT molecular complexity index is 976. The fraction of sp³-hybridized carbons (Fsp3) is 0.429. The molecule has 2 atom stereocenters. The molecule has 1 aromatic carbocycles. The summed E-state index contributed by atoms with van der Waals surface area (Å²) in [6.07, 6.45) is 5.74. The molecule has 3 rings (SSSR count). The molecule has 3 N–H and O–H groups in total. The Hall–Kier alpha value is -3.36. The molecule has 3 amide bonds. The maximum absolute atomic E-state index is 12.1. The summed E-state index contributed by atoms with van der Waals surface area (Å²) in [4.78, 5) is 50.4. The van der Waals surface area contributed by atoms with Crippen molar-refractivity contribution in [3.63, 3.8) is 0 Å². The lowest BCUT2D eigenvalue weighted by molar-refractivity contribution is -0.123. The second-order valence-electron chi connectivity index (χ2n) is 7.58. The fourth-order valence-corrected chi connectivity index (χ4v) is 3.64. The van der Waals surface area contributed by atoms with Gasteiger partial charge in [-0.2, -0.15) is 0 Å². The highest BCUT2D eigenvalue weighted by atomic mass is 16.5. The quantitative estimate of drug-likeness (QED) is 0.646. The lowest BCUT2D eigenvalue weighted by atomic mass is 9.86. The average molecular weight is 414 g/mol. The molecule has 1 saturated carbocycles. The van der Waals surface area contributed by atoms with Crippen LogP contribution < -0.4 is 16.3 Å². The topological polar surface area (TPSA) is 122 Å². The van der Waals surface area contributed by atoms with Gasteiger partial charge in [0.25, 0.3) is 5.91 Å². The molecule has 1 aliphatic carbocycles. The Kier molecular flexibility index (Phi) is 6.71. The van der Waals surface area contributed by atoms with E-state index in [1.165, 1.54) is 16.7 Å².